The van der Waals surface area contributed by atoms with Crippen LogP contribution in [-0.2, 0) is 0 Å². The fourth-order valence-corrected chi connectivity index (χ4v) is 3.62. The molecule has 2 nitrogen and oxygen atoms in total. The molecule has 20 heavy (non-hydrogen) atoms. The summed E-state index contributed by atoms with van der Waals surface area (Å²) in [6, 6.07) is 0.572. The summed E-state index contributed by atoms with van der Waals surface area (Å²) in [4.78, 5) is 0. The summed E-state index contributed by atoms with van der Waals surface area (Å²) in [5.41, 5.74) is 3.05. The number of unbranched alkanes of at least 4 members (excludes halogenated alkanes) is 8. The van der Waals surface area contributed by atoms with Gasteiger partial charge in [-0.3, -0.25) is 11.3 Å². The first kappa shape index (κ1) is 18.0. The van der Waals surface area contributed by atoms with Crippen LogP contribution in [0.5, 0.6) is 0 Å². The molecule has 0 aromatic rings. The van der Waals surface area contributed by atoms with Crippen LogP contribution in [0.2, 0.25) is 0 Å². The Morgan fingerprint density at radius 1 is 0.900 bits per heavy atom. The van der Waals surface area contributed by atoms with E-state index in [-0.39, 0.29) is 0 Å². The molecule has 0 aromatic carbocycles. The molecular weight excluding hydrogens is 244 g/mol. The molecule has 1 rings (SSSR count). The van der Waals surface area contributed by atoms with Gasteiger partial charge in [-0.1, -0.05) is 90.4 Å². The lowest BCUT2D eigenvalue weighted by Crippen LogP contribution is -2.36. The zero-order valence-corrected chi connectivity index (χ0v) is 13.8. The van der Waals surface area contributed by atoms with E-state index in [2.05, 4.69) is 12.3 Å². The summed E-state index contributed by atoms with van der Waals surface area (Å²) in [6.07, 6.45) is 21.1. The minimum Gasteiger partial charge on any atom is -0.271 e. The minimum atomic E-state index is 0.572. The van der Waals surface area contributed by atoms with E-state index in [9.17, 15) is 0 Å². The van der Waals surface area contributed by atoms with Gasteiger partial charge >= 0.3 is 0 Å². The van der Waals surface area contributed by atoms with E-state index in [0.717, 1.165) is 5.92 Å². The Morgan fingerprint density at radius 2 is 1.45 bits per heavy atom. The topological polar surface area (TPSA) is 38.0 Å². The molecule has 0 bridgehead atoms. The Kier molecular flexibility index (Phi) is 11.4. The normalized spacial score (nSPS) is 17.7. The van der Waals surface area contributed by atoms with Gasteiger partial charge in [0.15, 0.2) is 0 Å². The standard InChI is InChI=1S/C18H38N2/c1-2-3-4-5-6-7-8-9-10-15-18(20-19)16-17-13-11-12-14-17/h17-18,20H,2-16,19H2,1H3. The molecular formula is C18H38N2. The van der Waals surface area contributed by atoms with Crippen LogP contribution < -0.4 is 11.3 Å². The molecule has 0 spiro atoms. The van der Waals surface area contributed by atoms with E-state index < -0.39 is 0 Å². The third-order valence-electron chi connectivity index (χ3n) is 4.98. The molecule has 1 atom stereocenters. The van der Waals surface area contributed by atoms with Gasteiger partial charge in [0.25, 0.3) is 0 Å². The van der Waals surface area contributed by atoms with Crippen molar-refractivity contribution >= 4 is 0 Å². The van der Waals surface area contributed by atoms with Gasteiger partial charge in [0, 0.05) is 6.04 Å². The van der Waals surface area contributed by atoms with Crippen LogP contribution in [0.1, 0.15) is 103 Å². The van der Waals surface area contributed by atoms with Crippen molar-refractivity contribution in [3.8, 4) is 0 Å². The van der Waals surface area contributed by atoms with Crippen molar-refractivity contribution in [2.45, 2.75) is 109 Å². The van der Waals surface area contributed by atoms with Gasteiger partial charge in [-0.25, -0.2) is 0 Å². The second kappa shape index (κ2) is 12.6. The monoisotopic (exact) mass is 282 g/mol. The smallest absolute Gasteiger partial charge is 0.0213 e. The van der Waals surface area contributed by atoms with Crippen LogP contribution in [0.15, 0.2) is 0 Å². The molecule has 0 amide bonds. The van der Waals surface area contributed by atoms with Crippen molar-refractivity contribution in [2.24, 2.45) is 11.8 Å². The predicted molar refractivity (Wildman–Crippen MR) is 89.5 cm³/mol. The molecule has 0 radical (unpaired) electrons. The number of nitrogens with one attached hydrogen (secondary N) is 1. The summed E-state index contributed by atoms with van der Waals surface area (Å²) in [7, 11) is 0. The van der Waals surface area contributed by atoms with Crippen LogP contribution in [0.3, 0.4) is 0 Å². The minimum absolute atomic E-state index is 0.572. The van der Waals surface area contributed by atoms with Crippen molar-refractivity contribution in [1.82, 2.24) is 5.43 Å². The van der Waals surface area contributed by atoms with Crippen molar-refractivity contribution in [3.63, 3.8) is 0 Å². The van der Waals surface area contributed by atoms with Gasteiger partial charge in [-0.05, 0) is 18.8 Å². The van der Waals surface area contributed by atoms with Crippen LogP contribution in [0.25, 0.3) is 0 Å². The van der Waals surface area contributed by atoms with Gasteiger partial charge in [0.2, 0.25) is 0 Å². The highest BCUT2D eigenvalue weighted by Gasteiger charge is 2.19. The van der Waals surface area contributed by atoms with Crippen molar-refractivity contribution < 1.29 is 0 Å². The van der Waals surface area contributed by atoms with Crippen LogP contribution >= 0.6 is 0 Å². The zero-order valence-electron chi connectivity index (χ0n) is 13.8. The maximum atomic E-state index is 5.71. The lowest BCUT2D eigenvalue weighted by Gasteiger charge is -2.19. The molecule has 1 aliphatic rings. The first-order valence-electron chi connectivity index (χ1n) is 9.33. The van der Waals surface area contributed by atoms with Gasteiger partial charge < -0.3 is 0 Å². The van der Waals surface area contributed by atoms with E-state index in [0.29, 0.717) is 6.04 Å². The van der Waals surface area contributed by atoms with Gasteiger partial charge in [0.05, 0.1) is 0 Å². The first-order chi connectivity index (χ1) is 9.86. The Balaban J connectivity index is 1.88. The SMILES string of the molecule is CCCCCCCCCCCC(CC1CCCC1)NN. The predicted octanol–water partition coefficient (Wildman–Crippen LogP) is 5.32. The van der Waals surface area contributed by atoms with E-state index in [4.69, 9.17) is 5.84 Å². The molecule has 0 aliphatic heterocycles. The highest BCUT2D eigenvalue weighted by Crippen LogP contribution is 2.29. The number of nitrogens with two attached hydrogens (primary N) is 1. The molecule has 120 valence electrons. The maximum absolute atomic E-state index is 5.71. The van der Waals surface area contributed by atoms with Gasteiger partial charge in [-0.2, -0.15) is 0 Å². The summed E-state index contributed by atoms with van der Waals surface area (Å²) in [6.45, 7) is 2.29. The van der Waals surface area contributed by atoms with Crippen LogP contribution in [0, 0.1) is 5.92 Å². The average molecular weight is 283 g/mol. The lowest BCUT2D eigenvalue weighted by atomic mass is 9.95. The van der Waals surface area contributed by atoms with E-state index in [1.54, 1.807) is 0 Å². The largest absolute Gasteiger partial charge is 0.271 e. The van der Waals surface area contributed by atoms with Gasteiger partial charge in [0.1, 0.15) is 0 Å². The third-order valence-corrected chi connectivity index (χ3v) is 4.98. The number of rotatable bonds is 13. The highest BCUT2D eigenvalue weighted by molar-refractivity contribution is 4.74. The summed E-state index contributed by atoms with van der Waals surface area (Å²) in [5.74, 6) is 6.66. The molecule has 2 heteroatoms. The van der Waals surface area contributed by atoms with Crippen molar-refractivity contribution in [1.29, 1.82) is 0 Å². The molecule has 0 heterocycles. The Bertz CT molecular complexity index is 200. The number of hydrazine groups is 1. The Labute approximate surface area is 127 Å². The van der Waals surface area contributed by atoms with Crippen LogP contribution in [-0.4, -0.2) is 6.04 Å². The van der Waals surface area contributed by atoms with Crippen molar-refractivity contribution in [3.05, 3.63) is 0 Å². The summed E-state index contributed by atoms with van der Waals surface area (Å²) >= 11 is 0. The summed E-state index contributed by atoms with van der Waals surface area (Å²) in [5, 5.41) is 0. The molecule has 3 N–H and O–H groups in total. The number of hydrogen-bond acceptors (Lipinski definition) is 2. The second-order valence-electron chi connectivity index (χ2n) is 6.87. The molecule has 1 aliphatic carbocycles. The second-order valence-corrected chi connectivity index (χ2v) is 6.87. The van der Waals surface area contributed by atoms with Gasteiger partial charge in [-0.15, -0.1) is 0 Å². The fraction of sp³-hybridized carbons (Fsp3) is 1.00. The first-order valence-corrected chi connectivity index (χ1v) is 9.33. The molecule has 1 fully saturated rings. The number of hydrogen-bond donors (Lipinski definition) is 2. The van der Waals surface area contributed by atoms with E-state index in [1.165, 1.54) is 96.3 Å². The quantitative estimate of drug-likeness (QED) is 0.272. The molecule has 1 unspecified atom stereocenters. The van der Waals surface area contributed by atoms with E-state index >= 15 is 0 Å². The fourth-order valence-electron chi connectivity index (χ4n) is 3.62. The van der Waals surface area contributed by atoms with Crippen LogP contribution in [0.4, 0.5) is 0 Å². The molecule has 0 aromatic heterocycles. The lowest BCUT2D eigenvalue weighted by molar-refractivity contribution is 0.364. The Hall–Kier alpha value is -0.0800. The van der Waals surface area contributed by atoms with E-state index in [1.807, 2.05) is 0 Å². The molecule has 0 saturated heterocycles. The third kappa shape index (κ3) is 8.97. The summed E-state index contributed by atoms with van der Waals surface area (Å²) < 4.78 is 0. The highest BCUT2D eigenvalue weighted by atomic mass is 15.2. The zero-order chi connectivity index (χ0) is 14.5. The average Bonchev–Trinajstić information content (AvgIpc) is 2.97. The molecule has 1 saturated carbocycles. The maximum Gasteiger partial charge on any atom is 0.0213 e. The van der Waals surface area contributed by atoms with Crippen molar-refractivity contribution in [2.75, 3.05) is 0 Å². The Morgan fingerprint density at radius 3 is 2.00 bits per heavy atom.